The molecule has 0 atom stereocenters. The summed E-state index contributed by atoms with van der Waals surface area (Å²) in [6, 6.07) is 0. The van der Waals surface area contributed by atoms with E-state index in [1.165, 1.54) is 0 Å². The molecule has 0 bridgehead atoms. The SMILES string of the molecule is [Ca+2].[F-].[F-].[F-].[F-].[F-].[La+3]. The third-order valence-electron chi connectivity index (χ3n) is 0. The van der Waals surface area contributed by atoms with Crippen LogP contribution in [0, 0.1) is 35.6 Å². The predicted molar refractivity (Wildman–Crippen MR) is 5.75 cm³/mol. The molecule has 0 unspecified atom stereocenters. The Hall–Kier alpha value is 2.10. The Balaban J connectivity index is 0. The minimum absolute atomic E-state index is 0. The van der Waals surface area contributed by atoms with Crippen LogP contribution < -0.4 is 23.5 Å². The molecule has 0 rings (SSSR count). The number of hydrogen-bond donors (Lipinski definition) is 0. The van der Waals surface area contributed by atoms with Gasteiger partial charge in [0.05, 0.1) is 0 Å². The molecule has 0 nitrogen and oxygen atoms in total. The van der Waals surface area contributed by atoms with Crippen LogP contribution in [-0.2, 0) is 0 Å². The molecule has 40 valence electrons. The molecule has 0 aliphatic carbocycles. The Morgan fingerprint density at radius 1 is 0.429 bits per heavy atom. The van der Waals surface area contributed by atoms with Crippen molar-refractivity contribution in [3.8, 4) is 0 Å². The Kier molecular flexibility index (Phi) is 1780. The largest absolute Gasteiger partial charge is 3.00 e. The minimum atomic E-state index is 0. The van der Waals surface area contributed by atoms with Gasteiger partial charge >= 0.3 is 73.3 Å². The predicted octanol–water partition coefficient (Wildman–Crippen LogP) is -15.4. The molecule has 0 aromatic heterocycles. The zero-order chi connectivity index (χ0) is 0. The summed E-state index contributed by atoms with van der Waals surface area (Å²) in [5, 5.41) is 0. The van der Waals surface area contributed by atoms with E-state index in [-0.39, 0.29) is 96.9 Å². The summed E-state index contributed by atoms with van der Waals surface area (Å²) >= 11 is 0. The molecule has 0 N–H and O–H groups in total. The summed E-state index contributed by atoms with van der Waals surface area (Å²) in [4.78, 5) is 0. The second-order valence-corrected chi connectivity index (χ2v) is 0. The molecule has 7 heavy (non-hydrogen) atoms. The van der Waals surface area contributed by atoms with Gasteiger partial charge in [0.15, 0.2) is 0 Å². The van der Waals surface area contributed by atoms with Crippen molar-refractivity contribution in [1.29, 1.82) is 0 Å². The van der Waals surface area contributed by atoms with Crippen LogP contribution >= 0.6 is 0 Å². The van der Waals surface area contributed by atoms with Crippen molar-refractivity contribution in [2.24, 2.45) is 0 Å². The Bertz CT molecular complexity index is 8.04. The molecule has 0 radical (unpaired) electrons. The molecule has 0 aromatic rings. The first kappa shape index (κ1) is 135. The summed E-state index contributed by atoms with van der Waals surface area (Å²) < 4.78 is 0. The molecule has 0 amide bonds. The zero-order valence-electron chi connectivity index (χ0n) is 3.17. The fraction of sp³-hybridized carbons (Fsp3) is 0. The van der Waals surface area contributed by atoms with E-state index in [2.05, 4.69) is 0 Å². The topological polar surface area (TPSA) is 0 Å². The first-order valence-corrected chi connectivity index (χ1v) is 0. The van der Waals surface area contributed by atoms with Crippen molar-refractivity contribution in [3.63, 3.8) is 0 Å². The van der Waals surface area contributed by atoms with Gasteiger partial charge in [0.1, 0.15) is 0 Å². The van der Waals surface area contributed by atoms with Gasteiger partial charge in [0.2, 0.25) is 0 Å². The smallest absolute Gasteiger partial charge is 1.00 e. The summed E-state index contributed by atoms with van der Waals surface area (Å²) in [7, 11) is 0. The molecular formula is CaF5La. The van der Waals surface area contributed by atoms with Crippen LogP contribution in [0.15, 0.2) is 0 Å². The molecule has 0 aliphatic heterocycles. The van der Waals surface area contributed by atoms with Crippen molar-refractivity contribution in [2.75, 3.05) is 0 Å². The van der Waals surface area contributed by atoms with Crippen molar-refractivity contribution in [2.45, 2.75) is 0 Å². The maximum absolute atomic E-state index is 0. The first-order chi connectivity index (χ1) is 0. The van der Waals surface area contributed by atoms with E-state index in [0.29, 0.717) is 0 Å². The third-order valence-corrected chi connectivity index (χ3v) is 0. The quantitative estimate of drug-likeness (QED) is 0.304. The molecule has 0 saturated carbocycles. The van der Waals surface area contributed by atoms with Gasteiger partial charge in [-0.05, 0) is 0 Å². The van der Waals surface area contributed by atoms with Crippen molar-refractivity contribution < 1.29 is 59.1 Å². The minimum Gasteiger partial charge on any atom is -1.00 e. The summed E-state index contributed by atoms with van der Waals surface area (Å²) in [6.07, 6.45) is 0. The van der Waals surface area contributed by atoms with Crippen LogP contribution in [-0.4, -0.2) is 37.7 Å². The van der Waals surface area contributed by atoms with Gasteiger partial charge in [0.25, 0.3) is 0 Å². The maximum atomic E-state index is 0. The number of halogens is 5. The fourth-order valence-corrected chi connectivity index (χ4v) is 0. The van der Waals surface area contributed by atoms with Crippen LogP contribution in [0.4, 0.5) is 0 Å². The average molecular weight is 274 g/mol. The van der Waals surface area contributed by atoms with E-state index in [4.69, 9.17) is 0 Å². The van der Waals surface area contributed by atoms with E-state index in [1.807, 2.05) is 0 Å². The number of rotatable bonds is 0. The zero-order valence-corrected chi connectivity index (χ0v) is 9.01. The van der Waals surface area contributed by atoms with Crippen LogP contribution in [0.3, 0.4) is 0 Å². The first-order valence-electron chi connectivity index (χ1n) is 0. The van der Waals surface area contributed by atoms with E-state index < -0.39 is 0 Å². The molecule has 0 saturated heterocycles. The van der Waals surface area contributed by atoms with Crippen molar-refractivity contribution in [1.82, 2.24) is 0 Å². The van der Waals surface area contributed by atoms with Gasteiger partial charge in [-0.2, -0.15) is 0 Å². The van der Waals surface area contributed by atoms with Crippen molar-refractivity contribution in [3.05, 3.63) is 0 Å². The van der Waals surface area contributed by atoms with Gasteiger partial charge in [0, 0.05) is 0 Å². The Morgan fingerprint density at radius 3 is 0.429 bits per heavy atom. The van der Waals surface area contributed by atoms with Crippen LogP contribution in [0.1, 0.15) is 0 Å². The summed E-state index contributed by atoms with van der Waals surface area (Å²) in [5.74, 6) is 0. The third kappa shape index (κ3) is 68.2. The van der Waals surface area contributed by atoms with Crippen LogP contribution in [0.5, 0.6) is 0 Å². The molecule has 7 heteroatoms. The van der Waals surface area contributed by atoms with Gasteiger partial charge in [-0.15, -0.1) is 0 Å². The number of hydrogen-bond acceptors (Lipinski definition) is 0. The Labute approximate surface area is 95.2 Å². The molecular weight excluding hydrogens is 274 g/mol. The molecule has 0 aromatic carbocycles. The summed E-state index contributed by atoms with van der Waals surface area (Å²) in [5.41, 5.74) is 0. The molecule has 0 spiro atoms. The second-order valence-electron chi connectivity index (χ2n) is 0. The standard InChI is InChI=1S/Ca.5FH.La/h;5*1H;/q+2;;;;;;+3/p-5. The Morgan fingerprint density at radius 2 is 0.429 bits per heavy atom. The van der Waals surface area contributed by atoms with E-state index in [1.54, 1.807) is 0 Å². The monoisotopic (exact) mass is 274 g/mol. The summed E-state index contributed by atoms with van der Waals surface area (Å²) in [6.45, 7) is 0. The van der Waals surface area contributed by atoms with Gasteiger partial charge in [-0.1, -0.05) is 0 Å². The van der Waals surface area contributed by atoms with Crippen LogP contribution in [0.2, 0.25) is 0 Å². The fourth-order valence-electron chi connectivity index (χ4n) is 0. The van der Waals surface area contributed by atoms with Gasteiger partial charge in [-0.3, -0.25) is 0 Å². The van der Waals surface area contributed by atoms with Crippen molar-refractivity contribution >= 4 is 37.7 Å². The maximum Gasteiger partial charge on any atom is 3.00 e. The van der Waals surface area contributed by atoms with E-state index in [9.17, 15) is 0 Å². The second kappa shape index (κ2) is 92.4. The molecule has 0 aliphatic rings. The average Bonchev–Trinajstić information content (AvgIpc) is 0. The molecule has 0 fully saturated rings. The van der Waals surface area contributed by atoms with Gasteiger partial charge in [-0.25, -0.2) is 0 Å². The van der Waals surface area contributed by atoms with E-state index in [0.717, 1.165) is 0 Å². The van der Waals surface area contributed by atoms with Crippen LogP contribution in [0.25, 0.3) is 0 Å². The van der Waals surface area contributed by atoms with E-state index >= 15 is 0 Å². The van der Waals surface area contributed by atoms with Gasteiger partial charge < -0.3 is 23.5 Å². The molecule has 0 heterocycles. The normalized spacial score (nSPS) is 0.